The summed E-state index contributed by atoms with van der Waals surface area (Å²) >= 11 is 0. The largest absolute Gasteiger partial charge is 0.352 e. The molecule has 8 nitrogen and oxygen atoms in total. The summed E-state index contributed by atoms with van der Waals surface area (Å²) in [5.74, 6) is 0.363. The summed E-state index contributed by atoms with van der Waals surface area (Å²) < 4.78 is 1.83. The lowest BCUT2D eigenvalue weighted by Gasteiger charge is -2.19. The van der Waals surface area contributed by atoms with Gasteiger partial charge >= 0.3 is 0 Å². The number of carbonyl (C=O) groups excluding carboxylic acids is 2. The van der Waals surface area contributed by atoms with Crippen LogP contribution in [0.25, 0.3) is 0 Å². The molecule has 0 aliphatic carbocycles. The van der Waals surface area contributed by atoms with Crippen LogP contribution in [0.15, 0.2) is 18.7 Å². The summed E-state index contributed by atoms with van der Waals surface area (Å²) in [5, 5.41) is 9.94. The molecule has 8 heteroatoms. The van der Waals surface area contributed by atoms with Gasteiger partial charge in [-0.15, -0.1) is 0 Å². The molecule has 4 heterocycles. The third kappa shape index (κ3) is 2.18. The highest BCUT2D eigenvalue weighted by molar-refractivity contribution is 6.02. The molecule has 0 radical (unpaired) electrons. The minimum absolute atomic E-state index is 0.173. The number of nitrogens with zero attached hydrogens (tertiary/aromatic N) is 4. The number of aromatic nitrogens is 4. The Kier molecular flexibility index (Phi) is 3.10. The zero-order valence-electron chi connectivity index (χ0n) is 12.6. The highest BCUT2D eigenvalue weighted by Gasteiger charge is 2.32. The minimum atomic E-state index is -0.224. The van der Waals surface area contributed by atoms with Crippen molar-refractivity contribution in [3.05, 3.63) is 41.2 Å². The van der Waals surface area contributed by atoms with Crippen LogP contribution in [0.4, 0.5) is 0 Å². The first-order valence-corrected chi connectivity index (χ1v) is 7.60. The molecule has 4 rings (SSSR count). The third-order valence-electron chi connectivity index (χ3n) is 4.42. The van der Waals surface area contributed by atoms with E-state index in [-0.39, 0.29) is 23.9 Å². The molecule has 23 heavy (non-hydrogen) atoms. The van der Waals surface area contributed by atoms with Crippen LogP contribution in [0.5, 0.6) is 0 Å². The standard InChI is InChI=1S/C15H16N6O2/c1-8-4-12(13-18-7-19-21(8)13)20-15(23)11-6-16-5-10-9(11)2-3-17-14(10)22/h5-8,12H,2-4H2,1H3,(H,17,22)(H,20,23). The summed E-state index contributed by atoms with van der Waals surface area (Å²) in [6.07, 6.45) is 5.92. The molecular weight excluding hydrogens is 296 g/mol. The normalized spacial score (nSPS) is 22.2. The highest BCUT2D eigenvalue weighted by Crippen LogP contribution is 2.31. The van der Waals surface area contributed by atoms with Gasteiger partial charge in [0.25, 0.3) is 11.8 Å². The van der Waals surface area contributed by atoms with Gasteiger partial charge in [-0.2, -0.15) is 5.10 Å². The van der Waals surface area contributed by atoms with E-state index in [4.69, 9.17) is 0 Å². The average molecular weight is 312 g/mol. The average Bonchev–Trinajstić information content (AvgIpc) is 3.13. The summed E-state index contributed by atoms with van der Waals surface area (Å²) in [5.41, 5.74) is 1.70. The fraction of sp³-hybridized carbons (Fsp3) is 0.400. The van der Waals surface area contributed by atoms with Crippen molar-refractivity contribution in [1.82, 2.24) is 30.4 Å². The summed E-state index contributed by atoms with van der Waals surface area (Å²) in [4.78, 5) is 32.8. The zero-order chi connectivity index (χ0) is 16.0. The van der Waals surface area contributed by atoms with Gasteiger partial charge < -0.3 is 10.6 Å². The molecule has 0 spiro atoms. The number of pyridine rings is 1. The molecule has 2 N–H and O–H groups in total. The minimum Gasteiger partial charge on any atom is -0.352 e. The highest BCUT2D eigenvalue weighted by atomic mass is 16.2. The Balaban J connectivity index is 1.62. The van der Waals surface area contributed by atoms with Crippen molar-refractivity contribution in [2.75, 3.05) is 6.54 Å². The molecule has 2 aliphatic rings. The molecule has 0 bridgehead atoms. The molecule has 2 aromatic rings. The molecule has 0 fully saturated rings. The van der Waals surface area contributed by atoms with Gasteiger partial charge in [0, 0.05) is 18.9 Å². The summed E-state index contributed by atoms with van der Waals surface area (Å²) in [7, 11) is 0. The number of hydrogen-bond acceptors (Lipinski definition) is 5. The van der Waals surface area contributed by atoms with Gasteiger partial charge in [-0.25, -0.2) is 9.67 Å². The number of carbonyl (C=O) groups is 2. The van der Waals surface area contributed by atoms with Crippen LogP contribution in [0.3, 0.4) is 0 Å². The summed E-state index contributed by atoms with van der Waals surface area (Å²) in [6.45, 7) is 2.57. The van der Waals surface area contributed by atoms with Gasteiger partial charge in [-0.3, -0.25) is 14.6 Å². The van der Waals surface area contributed by atoms with E-state index in [1.165, 1.54) is 18.7 Å². The number of nitrogens with one attached hydrogen (secondary N) is 2. The topological polar surface area (TPSA) is 102 Å². The number of amides is 2. The Labute approximate surface area is 132 Å². The quantitative estimate of drug-likeness (QED) is 0.835. The van der Waals surface area contributed by atoms with E-state index >= 15 is 0 Å². The Hall–Kier alpha value is -2.77. The van der Waals surface area contributed by atoms with Gasteiger partial charge in [0.05, 0.1) is 23.2 Å². The van der Waals surface area contributed by atoms with E-state index < -0.39 is 0 Å². The van der Waals surface area contributed by atoms with Crippen LogP contribution in [-0.4, -0.2) is 38.1 Å². The van der Waals surface area contributed by atoms with Crippen LogP contribution in [-0.2, 0) is 6.42 Å². The van der Waals surface area contributed by atoms with Crippen LogP contribution < -0.4 is 10.6 Å². The molecule has 2 unspecified atom stereocenters. The van der Waals surface area contributed by atoms with Crippen LogP contribution >= 0.6 is 0 Å². The molecule has 118 valence electrons. The van der Waals surface area contributed by atoms with Gasteiger partial charge in [0.1, 0.15) is 12.2 Å². The first kappa shape index (κ1) is 13.9. The van der Waals surface area contributed by atoms with E-state index in [0.717, 1.165) is 17.8 Å². The van der Waals surface area contributed by atoms with Crippen molar-refractivity contribution in [1.29, 1.82) is 0 Å². The Bertz CT molecular complexity index is 799. The molecule has 0 aromatic carbocycles. The maximum atomic E-state index is 12.7. The van der Waals surface area contributed by atoms with Crippen molar-refractivity contribution in [2.45, 2.75) is 31.8 Å². The van der Waals surface area contributed by atoms with Crippen molar-refractivity contribution in [3.8, 4) is 0 Å². The van der Waals surface area contributed by atoms with E-state index in [0.29, 0.717) is 24.1 Å². The van der Waals surface area contributed by atoms with Crippen molar-refractivity contribution < 1.29 is 9.59 Å². The Morgan fingerprint density at radius 1 is 1.43 bits per heavy atom. The van der Waals surface area contributed by atoms with Gasteiger partial charge in [0.2, 0.25) is 0 Å². The first-order valence-electron chi connectivity index (χ1n) is 7.60. The predicted octanol–water partition coefficient (Wildman–Crippen LogP) is 0.395. The maximum Gasteiger partial charge on any atom is 0.253 e. The number of rotatable bonds is 2. The van der Waals surface area contributed by atoms with E-state index in [1.54, 1.807) is 0 Å². The SMILES string of the molecule is CC1CC(NC(=O)c2cncc3c2CCNC3=O)c2ncnn21. The number of fused-ring (bicyclic) bond motifs is 2. The molecule has 0 saturated heterocycles. The molecule has 2 atom stereocenters. The fourth-order valence-electron chi connectivity index (χ4n) is 3.30. The van der Waals surface area contributed by atoms with E-state index in [1.807, 2.05) is 11.6 Å². The molecular formula is C15H16N6O2. The summed E-state index contributed by atoms with van der Waals surface area (Å²) in [6, 6.07) is 0.0275. The fourth-order valence-corrected chi connectivity index (χ4v) is 3.30. The van der Waals surface area contributed by atoms with Crippen LogP contribution in [0.2, 0.25) is 0 Å². The van der Waals surface area contributed by atoms with Crippen LogP contribution in [0.1, 0.15) is 57.5 Å². The Morgan fingerprint density at radius 3 is 3.17 bits per heavy atom. The zero-order valence-corrected chi connectivity index (χ0v) is 12.6. The van der Waals surface area contributed by atoms with Gasteiger partial charge in [-0.05, 0) is 25.3 Å². The molecule has 0 saturated carbocycles. The van der Waals surface area contributed by atoms with Crippen molar-refractivity contribution in [2.24, 2.45) is 0 Å². The molecule has 2 amide bonds. The van der Waals surface area contributed by atoms with Gasteiger partial charge in [0.15, 0.2) is 0 Å². The number of hydrogen-bond donors (Lipinski definition) is 2. The van der Waals surface area contributed by atoms with E-state index in [2.05, 4.69) is 25.7 Å². The molecule has 2 aliphatic heterocycles. The van der Waals surface area contributed by atoms with E-state index in [9.17, 15) is 9.59 Å². The maximum absolute atomic E-state index is 12.7. The lowest BCUT2D eigenvalue weighted by molar-refractivity contribution is 0.0932. The van der Waals surface area contributed by atoms with Gasteiger partial charge in [-0.1, -0.05) is 0 Å². The second kappa shape index (κ2) is 5.15. The van der Waals surface area contributed by atoms with Crippen molar-refractivity contribution in [3.63, 3.8) is 0 Å². The molecule has 2 aromatic heterocycles. The predicted molar refractivity (Wildman–Crippen MR) is 79.8 cm³/mol. The Morgan fingerprint density at radius 2 is 2.30 bits per heavy atom. The second-order valence-electron chi connectivity index (χ2n) is 5.89. The lowest BCUT2D eigenvalue weighted by atomic mass is 9.97. The second-order valence-corrected chi connectivity index (χ2v) is 5.89. The van der Waals surface area contributed by atoms with Crippen LogP contribution in [0, 0.1) is 0 Å². The smallest absolute Gasteiger partial charge is 0.253 e. The van der Waals surface area contributed by atoms with Crippen molar-refractivity contribution >= 4 is 11.8 Å². The monoisotopic (exact) mass is 312 g/mol. The third-order valence-corrected chi connectivity index (χ3v) is 4.42. The first-order chi connectivity index (χ1) is 11.1. The lowest BCUT2D eigenvalue weighted by Crippen LogP contribution is -2.35.